The Kier molecular flexibility index (Phi) is 6.22. The maximum Gasteiger partial charge on any atom is 0.245 e. The highest BCUT2D eigenvalue weighted by atomic mass is 16.2. The van der Waals surface area contributed by atoms with Crippen molar-refractivity contribution in [3.8, 4) is 0 Å². The molecule has 0 saturated carbocycles. The summed E-state index contributed by atoms with van der Waals surface area (Å²) in [5.74, 6) is -0.134. The van der Waals surface area contributed by atoms with Crippen LogP contribution in [0.25, 0.3) is 0 Å². The maximum atomic E-state index is 12.6. The summed E-state index contributed by atoms with van der Waals surface area (Å²) >= 11 is 0. The van der Waals surface area contributed by atoms with Crippen LogP contribution in [-0.2, 0) is 16.1 Å². The summed E-state index contributed by atoms with van der Waals surface area (Å²) in [7, 11) is 0. The first kappa shape index (κ1) is 16.2. The maximum absolute atomic E-state index is 12.6. The van der Waals surface area contributed by atoms with Crippen molar-refractivity contribution < 1.29 is 9.59 Å². The second kappa shape index (κ2) is 7.68. The second-order valence-corrected chi connectivity index (χ2v) is 5.26. The van der Waals surface area contributed by atoms with Crippen LogP contribution in [0.2, 0.25) is 0 Å². The number of carbonyl (C=O) groups is 2. The SMILES string of the molecule is CCN(Cc1ccccc1)C(=O)[C@@H](NC(C)=O)C(C)C. The van der Waals surface area contributed by atoms with E-state index in [1.54, 1.807) is 4.90 Å². The lowest BCUT2D eigenvalue weighted by atomic mass is 10.0. The molecule has 0 fully saturated rings. The summed E-state index contributed by atoms with van der Waals surface area (Å²) < 4.78 is 0. The number of nitrogens with zero attached hydrogens (tertiary/aromatic N) is 1. The number of amides is 2. The molecule has 0 aliphatic heterocycles. The molecule has 0 bridgehead atoms. The normalized spacial score (nSPS) is 12.1. The number of likely N-dealkylation sites (N-methyl/N-ethyl adjacent to an activating group) is 1. The van der Waals surface area contributed by atoms with Crippen molar-refractivity contribution in [3.63, 3.8) is 0 Å². The molecule has 110 valence electrons. The van der Waals surface area contributed by atoms with Crippen molar-refractivity contribution >= 4 is 11.8 Å². The Morgan fingerprint density at radius 1 is 1.20 bits per heavy atom. The minimum atomic E-state index is -0.462. The highest BCUT2D eigenvalue weighted by Gasteiger charge is 2.27. The van der Waals surface area contributed by atoms with Gasteiger partial charge in [0.15, 0.2) is 0 Å². The van der Waals surface area contributed by atoms with Gasteiger partial charge < -0.3 is 10.2 Å². The first-order valence-electron chi connectivity index (χ1n) is 7.05. The van der Waals surface area contributed by atoms with E-state index in [0.717, 1.165) is 5.56 Å². The average Bonchev–Trinajstić information content (AvgIpc) is 2.42. The van der Waals surface area contributed by atoms with Crippen molar-refractivity contribution in [1.82, 2.24) is 10.2 Å². The Morgan fingerprint density at radius 3 is 2.25 bits per heavy atom. The molecule has 0 unspecified atom stereocenters. The Bertz CT molecular complexity index is 443. The smallest absolute Gasteiger partial charge is 0.245 e. The fourth-order valence-electron chi connectivity index (χ4n) is 2.08. The van der Waals surface area contributed by atoms with Gasteiger partial charge in [0.1, 0.15) is 6.04 Å². The lowest BCUT2D eigenvalue weighted by Crippen LogP contribution is -2.50. The van der Waals surface area contributed by atoms with Gasteiger partial charge in [0.05, 0.1) is 0 Å². The molecule has 0 heterocycles. The van der Waals surface area contributed by atoms with Gasteiger partial charge in [-0.15, -0.1) is 0 Å². The van der Waals surface area contributed by atoms with Crippen LogP contribution in [0.15, 0.2) is 30.3 Å². The van der Waals surface area contributed by atoms with Crippen molar-refractivity contribution in [1.29, 1.82) is 0 Å². The van der Waals surface area contributed by atoms with Crippen LogP contribution >= 0.6 is 0 Å². The van der Waals surface area contributed by atoms with E-state index in [9.17, 15) is 9.59 Å². The highest BCUT2D eigenvalue weighted by molar-refractivity contribution is 5.87. The van der Waals surface area contributed by atoms with Crippen LogP contribution in [0, 0.1) is 5.92 Å². The van der Waals surface area contributed by atoms with E-state index in [1.165, 1.54) is 6.92 Å². The third kappa shape index (κ3) is 4.68. The van der Waals surface area contributed by atoms with Gasteiger partial charge in [-0.25, -0.2) is 0 Å². The van der Waals surface area contributed by atoms with E-state index in [2.05, 4.69) is 5.32 Å². The zero-order valence-electron chi connectivity index (χ0n) is 12.7. The van der Waals surface area contributed by atoms with Crippen molar-refractivity contribution in [2.24, 2.45) is 5.92 Å². The minimum absolute atomic E-state index is 0.0263. The molecule has 4 nitrogen and oxygen atoms in total. The first-order chi connectivity index (χ1) is 9.45. The molecule has 0 aromatic heterocycles. The van der Waals surface area contributed by atoms with Gasteiger partial charge in [0, 0.05) is 20.0 Å². The summed E-state index contributed by atoms with van der Waals surface area (Å²) in [5.41, 5.74) is 1.09. The number of carbonyl (C=O) groups excluding carboxylic acids is 2. The van der Waals surface area contributed by atoms with E-state index in [-0.39, 0.29) is 17.7 Å². The first-order valence-corrected chi connectivity index (χ1v) is 7.05. The van der Waals surface area contributed by atoms with Crippen LogP contribution in [-0.4, -0.2) is 29.3 Å². The standard InChI is InChI=1S/C16H24N2O2/c1-5-18(11-14-9-7-6-8-10-14)16(20)15(12(2)3)17-13(4)19/h6-10,12,15H,5,11H2,1-4H3,(H,17,19)/t15-/m0/s1. The molecule has 0 saturated heterocycles. The zero-order valence-corrected chi connectivity index (χ0v) is 12.7. The van der Waals surface area contributed by atoms with Crippen molar-refractivity contribution in [2.75, 3.05) is 6.54 Å². The summed E-state index contributed by atoms with van der Waals surface area (Å²) in [4.78, 5) is 25.6. The number of hydrogen-bond donors (Lipinski definition) is 1. The predicted octanol–water partition coefficient (Wildman–Crippen LogP) is 2.20. The van der Waals surface area contributed by atoms with Gasteiger partial charge in [-0.3, -0.25) is 9.59 Å². The molecule has 0 aliphatic rings. The van der Waals surface area contributed by atoms with Gasteiger partial charge in [0.25, 0.3) is 0 Å². The topological polar surface area (TPSA) is 49.4 Å². The number of hydrogen-bond acceptors (Lipinski definition) is 2. The molecule has 0 radical (unpaired) electrons. The second-order valence-electron chi connectivity index (χ2n) is 5.26. The summed E-state index contributed by atoms with van der Waals surface area (Å²) in [6.07, 6.45) is 0. The third-order valence-electron chi connectivity index (χ3n) is 3.20. The largest absolute Gasteiger partial charge is 0.344 e. The molecule has 1 N–H and O–H groups in total. The number of nitrogens with one attached hydrogen (secondary N) is 1. The van der Waals surface area contributed by atoms with Crippen LogP contribution < -0.4 is 5.32 Å². The quantitative estimate of drug-likeness (QED) is 0.866. The van der Waals surface area contributed by atoms with E-state index in [1.807, 2.05) is 51.1 Å². The molecule has 1 rings (SSSR count). The minimum Gasteiger partial charge on any atom is -0.344 e. The number of rotatable bonds is 6. The van der Waals surface area contributed by atoms with Crippen LogP contribution in [0.4, 0.5) is 0 Å². The van der Waals surface area contributed by atoms with Gasteiger partial charge in [0.2, 0.25) is 11.8 Å². The van der Waals surface area contributed by atoms with Crippen molar-refractivity contribution in [2.45, 2.75) is 40.3 Å². The average molecular weight is 276 g/mol. The summed E-state index contributed by atoms with van der Waals surface area (Å²) in [6.45, 7) is 8.46. The predicted molar refractivity (Wildman–Crippen MR) is 80.0 cm³/mol. The van der Waals surface area contributed by atoms with Gasteiger partial charge in [-0.1, -0.05) is 44.2 Å². The number of benzene rings is 1. The molecule has 0 aliphatic carbocycles. The molecule has 1 aromatic rings. The molecule has 20 heavy (non-hydrogen) atoms. The fraction of sp³-hybridized carbons (Fsp3) is 0.500. The Labute approximate surface area is 121 Å². The Balaban J connectivity index is 2.81. The monoisotopic (exact) mass is 276 g/mol. The zero-order chi connectivity index (χ0) is 15.1. The molecule has 1 aromatic carbocycles. The van der Waals surface area contributed by atoms with Gasteiger partial charge in [-0.05, 0) is 18.4 Å². The molecular weight excluding hydrogens is 252 g/mol. The van der Waals surface area contributed by atoms with Gasteiger partial charge >= 0.3 is 0 Å². The lowest BCUT2D eigenvalue weighted by Gasteiger charge is -2.28. The lowest BCUT2D eigenvalue weighted by molar-refractivity contribution is -0.137. The van der Waals surface area contributed by atoms with Crippen LogP contribution in [0.5, 0.6) is 0 Å². The van der Waals surface area contributed by atoms with Gasteiger partial charge in [-0.2, -0.15) is 0 Å². The van der Waals surface area contributed by atoms with Crippen LogP contribution in [0.1, 0.15) is 33.3 Å². The van der Waals surface area contributed by atoms with E-state index >= 15 is 0 Å². The van der Waals surface area contributed by atoms with E-state index in [4.69, 9.17) is 0 Å². The van der Waals surface area contributed by atoms with Crippen LogP contribution in [0.3, 0.4) is 0 Å². The summed E-state index contributed by atoms with van der Waals surface area (Å²) in [5, 5.41) is 2.75. The third-order valence-corrected chi connectivity index (χ3v) is 3.20. The fourth-order valence-corrected chi connectivity index (χ4v) is 2.08. The molecular formula is C16H24N2O2. The Hall–Kier alpha value is -1.84. The molecule has 0 spiro atoms. The molecule has 4 heteroatoms. The molecule has 1 atom stereocenters. The summed E-state index contributed by atoms with van der Waals surface area (Å²) in [6, 6.07) is 9.41. The Morgan fingerprint density at radius 2 is 1.80 bits per heavy atom. The van der Waals surface area contributed by atoms with Crippen molar-refractivity contribution in [3.05, 3.63) is 35.9 Å². The molecule has 2 amide bonds. The highest BCUT2D eigenvalue weighted by Crippen LogP contribution is 2.10. The van der Waals surface area contributed by atoms with E-state index < -0.39 is 6.04 Å². The van der Waals surface area contributed by atoms with E-state index in [0.29, 0.717) is 13.1 Å².